The van der Waals surface area contributed by atoms with Crippen molar-refractivity contribution in [3.63, 3.8) is 0 Å². The molecule has 100 valence electrons. The molecule has 1 rings (SSSR count). The third-order valence-corrected chi connectivity index (χ3v) is 3.79. The van der Waals surface area contributed by atoms with Gasteiger partial charge in [0.2, 0.25) is 0 Å². The molecule has 0 aliphatic heterocycles. The minimum atomic E-state index is -0.389. The van der Waals surface area contributed by atoms with E-state index in [1.54, 1.807) is 13.0 Å². The van der Waals surface area contributed by atoms with Crippen molar-refractivity contribution in [1.29, 1.82) is 0 Å². The number of hydrogen-bond acceptors (Lipinski definition) is 3. The van der Waals surface area contributed by atoms with Crippen molar-refractivity contribution in [2.45, 2.75) is 26.8 Å². The Hall–Kier alpha value is -0.490. The van der Waals surface area contributed by atoms with Crippen molar-refractivity contribution >= 4 is 45.8 Å². The average Bonchev–Trinajstić information content (AvgIpc) is 2.30. The molecule has 0 bridgehead atoms. The molecule has 1 aromatic rings. The molecule has 1 atom stereocenters. The predicted molar refractivity (Wildman–Crippen MR) is 83.1 cm³/mol. The molecule has 0 heterocycles. The van der Waals surface area contributed by atoms with Crippen molar-refractivity contribution in [3.8, 4) is 0 Å². The Morgan fingerprint density at radius 1 is 1.44 bits per heavy atom. The average molecular weight is 382 g/mol. The van der Waals surface area contributed by atoms with Gasteiger partial charge >= 0.3 is 5.97 Å². The molecule has 3 nitrogen and oxygen atoms in total. The number of halogens is 2. The fraction of sp³-hybridized carbons (Fsp3) is 0.462. The van der Waals surface area contributed by atoms with Crippen LogP contribution in [0.5, 0.6) is 0 Å². The standard InChI is InChI=1S/C13H17ClINO2/c1-8(2)7-18-13(17)9(3)16-10-4-5-12(15)11(14)6-10/h4-6,8-9,16H,7H2,1-3H3. The maximum atomic E-state index is 11.7. The summed E-state index contributed by atoms with van der Waals surface area (Å²) < 4.78 is 6.14. The van der Waals surface area contributed by atoms with Crippen LogP contribution in [0.15, 0.2) is 18.2 Å². The second kappa shape index (κ2) is 7.19. The fourth-order valence-corrected chi connectivity index (χ4v) is 1.78. The molecule has 0 aromatic heterocycles. The Kier molecular flexibility index (Phi) is 6.21. The highest BCUT2D eigenvalue weighted by Gasteiger charge is 2.14. The Labute approximate surface area is 126 Å². The molecule has 0 spiro atoms. The van der Waals surface area contributed by atoms with Crippen molar-refractivity contribution < 1.29 is 9.53 Å². The van der Waals surface area contributed by atoms with Gasteiger partial charge in [0.15, 0.2) is 0 Å². The molecule has 0 saturated carbocycles. The molecule has 0 radical (unpaired) electrons. The van der Waals surface area contributed by atoms with Crippen LogP contribution in [0.1, 0.15) is 20.8 Å². The lowest BCUT2D eigenvalue weighted by Gasteiger charge is -2.15. The van der Waals surface area contributed by atoms with Crippen molar-refractivity contribution in [1.82, 2.24) is 0 Å². The summed E-state index contributed by atoms with van der Waals surface area (Å²) >= 11 is 8.17. The molecule has 0 aliphatic rings. The summed E-state index contributed by atoms with van der Waals surface area (Å²) in [5.41, 5.74) is 0.814. The van der Waals surface area contributed by atoms with Crippen molar-refractivity contribution in [3.05, 3.63) is 26.8 Å². The quantitative estimate of drug-likeness (QED) is 0.620. The van der Waals surface area contributed by atoms with E-state index in [1.165, 1.54) is 0 Å². The lowest BCUT2D eigenvalue weighted by atomic mass is 10.2. The van der Waals surface area contributed by atoms with E-state index in [0.29, 0.717) is 17.5 Å². The first kappa shape index (κ1) is 15.6. The predicted octanol–water partition coefficient (Wildman–Crippen LogP) is 3.94. The van der Waals surface area contributed by atoms with Crippen LogP contribution < -0.4 is 5.32 Å². The van der Waals surface area contributed by atoms with E-state index >= 15 is 0 Å². The molecule has 0 fully saturated rings. The monoisotopic (exact) mass is 381 g/mol. The third-order valence-electron chi connectivity index (χ3n) is 2.22. The number of ether oxygens (including phenoxy) is 1. The Morgan fingerprint density at radius 3 is 2.67 bits per heavy atom. The lowest BCUT2D eigenvalue weighted by molar-refractivity contribution is -0.145. The zero-order chi connectivity index (χ0) is 13.7. The minimum absolute atomic E-state index is 0.252. The molecule has 1 N–H and O–H groups in total. The first-order chi connectivity index (χ1) is 8.40. The van der Waals surface area contributed by atoms with Crippen LogP contribution in [0.4, 0.5) is 5.69 Å². The zero-order valence-corrected chi connectivity index (χ0v) is 13.6. The van der Waals surface area contributed by atoms with Gasteiger partial charge < -0.3 is 10.1 Å². The first-order valence-corrected chi connectivity index (χ1v) is 7.24. The van der Waals surface area contributed by atoms with Crippen molar-refractivity contribution in [2.75, 3.05) is 11.9 Å². The van der Waals surface area contributed by atoms with Crippen LogP contribution in [0.3, 0.4) is 0 Å². The lowest BCUT2D eigenvalue weighted by Crippen LogP contribution is -2.29. The molecule has 0 saturated heterocycles. The number of esters is 1. The molecule has 0 amide bonds. The number of benzene rings is 1. The molecular formula is C13H17ClINO2. The highest BCUT2D eigenvalue weighted by molar-refractivity contribution is 14.1. The molecule has 5 heteroatoms. The zero-order valence-electron chi connectivity index (χ0n) is 10.7. The normalized spacial score (nSPS) is 12.3. The molecule has 1 unspecified atom stereocenters. The van der Waals surface area contributed by atoms with Gasteiger partial charge in [0.05, 0.1) is 11.6 Å². The van der Waals surface area contributed by atoms with Gasteiger partial charge in [-0.25, -0.2) is 4.79 Å². The van der Waals surface area contributed by atoms with Crippen LogP contribution >= 0.6 is 34.2 Å². The Morgan fingerprint density at radius 2 is 2.11 bits per heavy atom. The van der Waals surface area contributed by atoms with E-state index in [1.807, 2.05) is 26.0 Å². The number of rotatable bonds is 5. The summed E-state index contributed by atoms with van der Waals surface area (Å²) in [6.07, 6.45) is 0. The molecule has 0 aliphatic carbocycles. The molecular weight excluding hydrogens is 365 g/mol. The second-order valence-corrected chi connectivity index (χ2v) is 6.09. The summed E-state index contributed by atoms with van der Waals surface area (Å²) in [5, 5.41) is 3.74. The summed E-state index contributed by atoms with van der Waals surface area (Å²) in [6, 6.07) is 5.20. The first-order valence-electron chi connectivity index (χ1n) is 5.78. The van der Waals surface area contributed by atoms with Gasteiger partial charge in [-0.05, 0) is 53.6 Å². The van der Waals surface area contributed by atoms with Gasteiger partial charge in [-0.15, -0.1) is 0 Å². The molecule has 18 heavy (non-hydrogen) atoms. The second-order valence-electron chi connectivity index (χ2n) is 4.52. The summed E-state index contributed by atoms with van der Waals surface area (Å²) in [4.78, 5) is 11.7. The Balaban J connectivity index is 2.55. The highest BCUT2D eigenvalue weighted by atomic mass is 127. The summed E-state index contributed by atoms with van der Waals surface area (Å²) in [6.45, 7) is 6.22. The van der Waals surface area contributed by atoms with E-state index in [4.69, 9.17) is 16.3 Å². The summed E-state index contributed by atoms with van der Waals surface area (Å²) in [7, 11) is 0. The largest absolute Gasteiger partial charge is 0.464 e. The van der Waals surface area contributed by atoms with Gasteiger partial charge in [-0.2, -0.15) is 0 Å². The van der Waals surface area contributed by atoms with E-state index < -0.39 is 0 Å². The maximum absolute atomic E-state index is 11.7. The van der Waals surface area contributed by atoms with Gasteiger partial charge in [0, 0.05) is 9.26 Å². The number of hydrogen-bond donors (Lipinski definition) is 1. The van der Waals surface area contributed by atoms with Crippen LogP contribution in [0.25, 0.3) is 0 Å². The van der Waals surface area contributed by atoms with Crippen LogP contribution in [0, 0.1) is 9.49 Å². The smallest absolute Gasteiger partial charge is 0.328 e. The molecule has 1 aromatic carbocycles. The fourth-order valence-electron chi connectivity index (χ4n) is 1.27. The Bertz CT molecular complexity index is 423. The highest BCUT2D eigenvalue weighted by Crippen LogP contribution is 2.22. The van der Waals surface area contributed by atoms with Crippen LogP contribution in [-0.2, 0) is 9.53 Å². The van der Waals surface area contributed by atoms with E-state index in [0.717, 1.165) is 9.26 Å². The van der Waals surface area contributed by atoms with E-state index in [9.17, 15) is 4.79 Å². The number of nitrogens with one attached hydrogen (secondary N) is 1. The minimum Gasteiger partial charge on any atom is -0.464 e. The number of anilines is 1. The van der Waals surface area contributed by atoms with Gasteiger partial charge in [-0.3, -0.25) is 0 Å². The van der Waals surface area contributed by atoms with Gasteiger partial charge in [0.25, 0.3) is 0 Å². The number of carbonyl (C=O) groups excluding carboxylic acids is 1. The van der Waals surface area contributed by atoms with Gasteiger partial charge in [-0.1, -0.05) is 25.4 Å². The van der Waals surface area contributed by atoms with Crippen LogP contribution in [-0.4, -0.2) is 18.6 Å². The number of carbonyl (C=O) groups is 1. The SMILES string of the molecule is CC(C)COC(=O)C(C)Nc1ccc(I)c(Cl)c1. The van der Waals surface area contributed by atoms with Gasteiger partial charge in [0.1, 0.15) is 6.04 Å². The van der Waals surface area contributed by atoms with E-state index in [2.05, 4.69) is 27.9 Å². The van der Waals surface area contributed by atoms with Crippen molar-refractivity contribution in [2.24, 2.45) is 5.92 Å². The van der Waals surface area contributed by atoms with Crippen LogP contribution in [0.2, 0.25) is 5.02 Å². The summed E-state index contributed by atoms with van der Waals surface area (Å²) in [5.74, 6) is 0.0901. The maximum Gasteiger partial charge on any atom is 0.328 e. The third kappa shape index (κ3) is 5.02. The van der Waals surface area contributed by atoms with E-state index in [-0.39, 0.29) is 12.0 Å². The topological polar surface area (TPSA) is 38.3 Å².